The summed E-state index contributed by atoms with van der Waals surface area (Å²) >= 11 is 31.0. The molecule has 1 N–H and O–H groups in total. The number of carbonyl (C=O) groups is 1. The van der Waals surface area contributed by atoms with Gasteiger partial charge in [-0.1, -0.05) is 58.0 Å². The number of halogens is 5. The number of aliphatic carboxylic acids is 1. The molecule has 0 fully saturated rings. The van der Waals surface area contributed by atoms with E-state index in [4.69, 9.17) is 77.0 Å². The van der Waals surface area contributed by atoms with Crippen molar-refractivity contribution >= 4 is 64.0 Å². The summed E-state index contributed by atoms with van der Waals surface area (Å²) < 4.78 is 17.5. The van der Waals surface area contributed by atoms with Crippen LogP contribution in [0.5, 0.6) is 0 Å². The van der Waals surface area contributed by atoms with E-state index in [1.165, 1.54) is 14.2 Å². The summed E-state index contributed by atoms with van der Waals surface area (Å²) in [6.45, 7) is -0.744. The molecule has 0 aliphatic heterocycles. The standard InChI is InChI=1S/C11H13Cl5O6/c1-19-5-21-9(13)4-3-8(12,7(17)18)11(16,10(9,14)15)22-6-20-2/h3-4H,5-6H2,1-2H3,(H,17,18). The number of methoxy groups -OCH3 is 2. The largest absolute Gasteiger partial charge is 0.480 e. The van der Waals surface area contributed by atoms with Crippen molar-refractivity contribution in [2.75, 3.05) is 27.8 Å². The van der Waals surface area contributed by atoms with Gasteiger partial charge in [0.05, 0.1) is 0 Å². The Balaban J connectivity index is 3.43. The Bertz CT molecular complexity index is 460. The minimum atomic E-state index is -2.42. The zero-order valence-corrected chi connectivity index (χ0v) is 15.2. The molecule has 0 spiro atoms. The molecule has 0 radical (unpaired) electrons. The molecule has 0 saturated carbocycles. The second-order valence-corrected chi connectivity index (χ2v) is 7.28. The van der Waals surface area contributed by atoms with Crippen molar-refractivity contribution in [3.8, 4) is 0 Å². The third-order valence-corrected chi connectivity index (χ3v) is 6.24. The van der Waals surface area contributed by atoms with Gasteiger partial charge in [-0.15, -0.1) is 0 Å². The van der Waals surface area contributed by atoms with Crippen LogP contribution in [0.2, 0.25) is 0 Å². The van der Waals surface area contributed by atoms with Gasteiger partial charge >= 0.3 is 5.97 Å². The summed E-state index contributed by atoms with van der Waals surface area (Å²) in [6.07, 6.45) is 2.05. The van der Waals surface area contributed by atoms with Crippen LogP contribution in [0.15, 0.2) is 12.2 Å². The van der Waals surface area contributed by atoms with Gasteiger partial charge in [0.15, 0.2) is 5.06 Å². The fourth-order valence-corrected chi connectivity index (χ4v) is 3.33. The van der Waals surface area contributed by atoms with Gasteiger partial charge in [0, 0.05) is 14.2 Å². The van der Waals surface area contributed by atoms with E-state index in [-0.39, 0.29) is 6.79 Å². The molecule has 0 bridgehead atoms. The Kier molecular flexibility index (Phi) is 6.70. The van der Waals surface area contributed by atoms with Gasteiger partial charge < -0.3 is 24.1 Å². The highest BCUT2D eigenvalue weighted by atomic mass is 35.5. The lowest BCUT2D eigenvalue weighted by molar-refractivity contribution is -0.165. The maximum absolute atomic E-state index is 11.6. The Morgan fingerprint density at radius 3 is 1.95 bits per heavy atom. The zero-order valence-electron chi connectivity index (χ0n) is 11.4. The third-order valence-electron chi connectivity index (χ3n) is 2.90. The monoisotopic (exact) mass is 416 g/mol. The smallest absolute Gasteiger partial charge is 0.333 e. The van der Waals surface area contributed by atoms with Gasteiger partial charge in [-0.3, -0.25) is 0 Å². The van der Waals surface area contributed by atoms with E-state index in [1.54, 1.807) is 0 Å². The molecular weight excluding hydrogens is 405 g/mol. The molecule has 0 amide bonds. The fraction of sp³-hybridized carbons (Fsp3) is 0.727. The van der Waals surface area contributed by atoms with Crippen molar-refractivity contribution in [1.82, 2.24) is 0 Å². The lowest BCUT2D eigenvalue weighted by atomic mass is 9.87. The van der Waals surface area contributed by atoms with Gasteiger partial charge in [-0.25, -0.2) is 4.79 Å². The van der Waals surface area contributed by atoms with E-state index >= 15 is 0 Å². The number of carboxylic acid groups (broad SMARTS) is 1. The Morgan fingerprint density at radius 2 is 1.50 bits per heavy atom. The minimum absolute atomic E-state index is 0.297. The summed E-state index contributed by atoms with van der Waals surface area (Å²) in [5, 5.41) is 5.01. The lowest BCUT2D eigenvalue weighted by Crippen LogP contribution is -2.70. The van der Waals surface area contributed by atoms with Crippen LogP contribution in [0.25, 0.3) is 0 Å². The summed E-state index contributed by atoms with van der Waals surface area (Å²) in [6, 6.07) is 0. The molecule has 1 rings (SSSR count). The molecule has 22 heavy (non-hydrogen) atoms. The molecule has 0 aromatic rings. The molecule has 1 aliphatic carbocycles. The maximum Gasteiger partial charge on any atom is 0.333 e. The molecule has 6 nitrogen and oxygen atoms in total. The number of alkyl halides is 5. The predicted molar refractivity (Wildman–Crippen MR) is 82.9 cm³/mol. The first-order valence-corrected chi connectivity index (χ1v) is 7.55. The Hall–Kier alpha value is 0.500. The van der Waals surface area contributed by atoms with E-state index in [9.17, 15) is 9.90 Å². The lowest BCUT2D eigenvalue weighted by Gasteiger charge is -2.52. The molecule has 3 unspecified atom stereocenters. The van der Waals surface area contributed by atoms with Crippen LogP contribution in [-0.4, -0.2) is 58.2 Å². The molecule has 0 aromatic heterocycles. The second-order valence-electron chi connectivity index (χ2n) is 4.27. The highest BCUT2D eigenvalue weighted by molar-refractivity contribution is 6.60. The molecular formula is C11H13Cl5O6. The number of carboxylic acids is 1. The van der Waals surface area contributed by atoms with Gasteiger partial charge in [0.25, 0.3) is 0 Å². The normalized spacial score (nSPS) is 37.2. The number of hydrogen-bond donors (Lipinski definition) is 1. The van der Waals surface area contributed by atoms with Crippen LogP contribution < -0.4 is 0 Å². The molecule has 0 aromatic carbocycles. The van der Waals surface area contributed by atoms with Crippen LogP contribution in [0.4, 0.5) is 0 Å². The summed E-state index contributed by atoms with van der Waals surface area (Å²) in [7, 11) is 2.63. The van der Waals surface area contributed by atoms with E-state index in [2.05, 4.69) is 0 Å². The maximum atomic E-state index is 11.6. The Morgan fingerprint density at radius 1 is 1.00 bits per heavy atom. The quantitative estimate of drug-likeness (QED) is 0.389. The van der Waals surface area contributed by atoms with Crippen LogP contribution in [-0.2, 0) is 23.7 Å². The highest BCUT2D eigenvalue weighted by Crippen LogP contribution is 2.61. The zero-order chi connectivity index (χ0) is 17.2. The van der Waals surface area contributed by atoms with Gasteiger partial charge in [0.2, 0.25) is 14.3 Å². The van der Waals surface area contributed by atoms with Crippen molar-refractivity contribution in [2.24, 2.45) is 0 Å². The Labute approximate surface area is 152 Å². The van der Waals surface area contributed by atoms with Gasteiger partial charge in [-0.05, 0) is 12.2 Å². The van der Waals surface area contributed by atoms with Crippen LogP contribution in [0.1, 0.15) is 0 Å². The SMILES string of the molecule is COCOC1(Cl)C=CC(Cl)(C(=O)O)C(Cl)(OCOC)C1(Cl)Cl. The van der Waals surface area contributed by atoms with Crippen molar-refractivity contribution in [2.45, 2.75) is 19.3 Å². The van der Waals surface area contributed by atoms with Crippen molar-refractivity contribution in [3.63, 3.8) is 0 Å². The van der Waals surface area contributed by atoms with E-state index in [0.29, 0.717) is 0 Å². The van der Waals surface area contributed by atoms with Crippen LogP contribution in [0.3, 0.4) is 0 Å². The topological polar surface area (TPSA) is 74.2 Å². The number of hydrogen-bond acceptors (Lipinski definition) is 5. The average molecular weight is 418 g/mol. The molecule has 128 valence electrons. The van der Waals surface area contributed by atoms with Crippen LogP contribution >= 0.6 is 58.0 Å². The van der Waals surface area contributed by atoms with Gasteiger partial charge in [0.1, 0.15) is 13.6 Å². The average Bonchev–Trinajstić information content (AvgIpc) is 2.46. The first-order chi connectivity index (χ1) is 10.0. The molecule has 0 saturated heterocycles. The summed E-state index contributed by atoms with van der Waals surface area (Å²) in [5.41, 5.74) is 0. The number of ether oxygens (including phenoxy) is 4. The minimum Gasteiger partial charge on any atom is -0.480 e. The number of rotatable bonds is 7. The van der Waals surface area contributed by atoms with E-state index < -0.39 is 32.1 Å². The molecule has 11 heteroatoms. The van der Waals surface area contributed by atoms with Crippen molar-refractivity contribution in [1.29, 1.82) is 0 Å². The second kappa shape index (κ2) is 7.17. The van der Waals surface area contributed by atoms with Gasteiger partial charge in [-0.2, -0.15) is 0 Å². The van der Waals surface area contributed by atoms with Crippen molar-refractivity contribution in [3.05, 3.63) is 12.2 Å². The van der Waals surface area contributed by atoms with Crippen molar-refractivity contribution < 1.29 is 28.8 Å². The fourth-order valence-electron chi connectivity index (χ4n) is 1.71. The third kappa shape index (κ3) is 3.06. The predicted octanol–water partition coefficient (Wildman–Crippen LogP) is 2.90. The first-order valence-electron chi connectivity index (χ1n) is 5.66. The van der Waals surface area contributed by atoms with E-state index in [0.717, 1.165) is 12.2 Å². The highest BCUT2D eigenvalue weighted by Gasteiger charge is 2.75. The first kappa shape index (κ1) is 20.5. The van der Waals surface area contributed by atoms with E-state index in [1.807, 2.05) is 0 Å². The molecule has 3 atom stereocenters. The summed E-state index contributed by atoms with van der Waals surface area (Å²) in [5.74, 6) is -1.55. The molecule has 1 aliphatic rings. The molecule has 0 heterocycles. The van der Waals surface area contributed by atoms with Crippen LogP contribution in [0, 0.1) is 0 Å². The summed E-state index contributed by atoms with van der Waals surface area (Å²) in [4.78, 5) is 9.23.